The predicted molar refractivity (Wildman–Crippen MR) is 67.1 cm³/mol. The average molecular weight is 268 g/mol. The summed E-state index contributed by atoms with van der Waals surface area (Å²) in [6.45, 7) is 4.48. The van der Waals surface area contributed by atoms with Crippen molar-refractivity contribution in [3.05, 3.63) is 30.4 Å². The molecular weight excluding hydrogens is 252 g/mol. The van der Waals surface area contributed by atoms with E-state index in [1.807, 2.05) is 30.8 Å². The van der Waals surface area contributed by atoms with Crippen molar-refractivity contribution in [1.82, 2.24) is 19.3 Å². The first-order valence-electron chi connectivity index (χ1n) is 5.63. The minimum absolute atomic E-state index is 0.0709. The van der Waals surface area contributed by atoms with Gasteiger partial charge in [0.2, 0.25) is 15.0 Å². The van der Waals surface area contributed by atoms with Crippen LogP contribution in [0.2, 0.25) is 0 Å². The summed E-state index contributed by atoms with van der Waals surface area (Å²) < 4.78 is 26.4. The Hall–Kier alpha value is -1.63. The number of hydrogen-bond acceptors (Lipinski definition) is 4. The molecule has 7 heteroatoms. The normalized spacial score (nSPS) is 12.2. The van der Waals surface area contributed by atoms with Crippen LogP contribution < -0.4 is 0 Å². The standard InChI is InChI=1S/C11H16N4O2S/c1-9(2)15-6-4-10(13-15)8-14-7-5-12-11(14)18(3,16)17/h4-7,9H,8H2,1-3H3. The number of hydrogen-bond donors (Lipinski definition) is 0. The molecule has 0 amide bonds. The van der Waals surface area contributed by atoms with Crippen LogP contribution in [0.3, 0.4) is 0 Å². The summed E-state index contributed by atoms with van der Waals surface area (Å²) in [6.07, 6.45) is 6.16. The highest BCUT2D eigenvalue weighted by Crippen LogP contribution is 2.10. The van der Waals surface area contributed by atoms with Crippen LogP contribution >= 0.6 is 0 Å². The van der Waals surface area contributed by atoms with Crippen LogP contribution in [0, 0.1) is 0 Å². The zero-order valence-corrected chi connectivity index (χ0v) is 11.4. The summed E-state index contributed by atoms with van der Waals surface area (Å²) in [7, 11) is -3.30. The Morgan fingerprint density at radius 1 is 1.33 bits per heavy atom. The van der Waals surface area contributed by atoms with E-state index in [-0.39, 0.29) is 11.2 Å². The minimum Gasteiger partial charge on any atom is -0.316 e. The zero-order valence-electron chi connectivity index (χ0n) is 10.6. The molecule has 0 spiro atoms. The SMILES string of the molecule is CC(C)n1ccc(Cn2ccnc2S(C)(=O)=O)n1. The lowest BCUT2D eigenvalue weighted by Crippen LogP contribution is -2.10. The maximum Gasteiger partial charge on any atom is 0.227 e. The van der Waals surface area contributed by atoms with Gasteiger partial charge in [-0.05, 0) is 19.9 Å². The van der Waals surface area contributed by atoms with Crippen LogP contribution in [-0.4, -0.2) is 34.0 Å². The van der Waals surface area contributed by atoms with Crippen LogP contribution in [0.1, 0.15) is 25.6 Å². The van der Waals surface area contributed by atoms with Gasteiger partial charge in [0.25, 0.3) is 0 Å². The molecular formula is C11H16N4O2S. The Labute approximate surface area is 106 Å². The molecule has 18 heavy (non-hydrogen) atoms. The second-order valence-electron chi connectivity index (χ2n) is 4.49. The fourth-order valence-corrected chi connectivity index (χ4v) is 2.47. The highest BCUT2D eigenvalue weighted by molar-refractivity contribution is 7.90. The average Bonchev–Trinajstić information content (AvgIpc) is 2.85. The van der Waals surface area contributed by atoms with Gasteiger partial charge in [0, 0.05) is 30.9 Å². The van der Waals surface area contributed by atoms with E-state index in [0.29, 0.717) is 6.54 Å². The van der Waals surface area contributed by atoms with Gasteiger partial charge in [0.05, 0.1) is 12.2 Å². The van der Waals surface area contributed by atoms with Gasteiger partial charge in [-0.1, -0.05) is 0 Å². The van der Waals surface area contributed by atoms with Crippen molar-refractivity contribution in [1.29, 1.82) is 0 Å². The molecule has 2 aromatic heterocycles. The van der Waals surface area contributed by atoms with Crippen LogP contribution in [0.5, 0.6) is 0 Å². The molecule has 6 nitrogen and oxygen atoms in total. The maximum atomic E-state index is 11.5. The van der Waals surface area contributed by atoms with Gasteiger partial charge < -0.3 is 4.57 Å². The summed E-state index contributed by atoms with van der Waals surface area (Å²) >= 11 is 0. The van der Waals surface area contributed by atoms with E-state index in [1.54, 1.807) is 10.8 Å². The molecule has 0 bridgehead atoms. The number of sulfone groups is 1. The molecule has 0 fully saturated rings. The Kier molecular flexibility index (Phi) is 3.25. The van der Waals surface area contributed by atoms with Crippen LogP contribution in [0.15, 0.2) is 29.8 Å². The smallest absolute Gasteiger partial charge is 0.227 e. The molecule has 0 aliphatic rings. The van der Waals surface area contributed by atoms with Crippen molar-refractivity contribution in [2.24, 2.45) is 0 Å². The van der Waals surface area contributed by atoms with Gasteiger partial charge in [-0.15, -0.1) is 0 Å². The van der Waals surface area contributed by atoms with E-state index >= 15 is 0 Å². The fraction of sp³-hybridized carbons (Fsp3) is 0.455. The fourth-order valence-electron chi connectivity index (χ4n) is 1.67. The van der Waals surface area contributed by atoms with Gasteiger partial charge in [-0.25, -0.2) is 13.4 Å². The molecule has 98 valence electrons. The van der Waals surface area contributed by atoms with Gasteiger partial charge in [-0.2, -0.15) is 5.10 Å². The third-order valence-electron chi connectivity index (χ3n) is 2.53. The molecule has 2 aromatic rings. The number of aromatic nitrogens is 4. The second kappa shape index (κ2) is 4.56. The summed E-state index contributed by atoms with van der Waals surface area (Å²) in [5.74, 6) is 0. The van der Waals surface area contributed by atoms with E-state index in [2.05, 4.69) is 10.1 Å². The monoisotopic (exact) mass is 268 g/mol. The van der Waals surface area contributed by atoms with E-state index in [4.69, 9.17) is 0 Å². The summed E-state index contributed by atoms with van der Waals surface area (Å²) in [6, 6.07) is 2.17. The van der Waals surface area contributed by atoms with Crippen molar-refractivity contribution in [3.8, 4) is 0 Å². The van der Waals surface area contributed by atoms with Gasteiger partial charge in [0.1, 0.15) is 0 Å². The molecule has 0 N–H and O–H groups in total. The Balaban J connectivity index is 2.27. The topological polar surface area (TPSA) is 69.8 Å². The van der Waals surface area contributed by atoms with Gasteiger partial charge in [-0.3, -0.25) is 4.68 Å². The lowest BCUT2D eigenvalue weighted by atomic mass is 10.4. The van der Waals surface area contributed by atoms with Gasteiger partial charge in [0.15, 0.2) is 0 Å². The van der Waals surface area contributed by atoms with Crippen LogP contribution in [0.4, 0.5) is 0 Å². The van der Waals surface area contributed by atoms with Gasteiger partial charge >= 0.3 is 0 Å². The molecule has 0 unspecified atom stereocenters. The molecule has 0 saturated carbocycles. The summed E-state index contributed by atoms with van der Waals surface area (Å²) in [5.41, 5.74) is 0.812. The molecule has 2 rings (SSSR count). The van der Waals surface area contributed by atoms with Crippen molar-refractivity contribution < 1.29 is 8.42 Å². The maximum absolute atomic E-state index is 11.5. The first-order chi connectivity index (χ1) is 8.38. The number of imidazole rings is 1. The van der Waals surface area contributed by atoms with Crippen molar-refractivity contribution >= 4 is 9.84 Å². The van der Waals surface area contributed by atoms with Crippen LogP contribution in [0.25, 0.3) is 0 Å². The Bertz CT molecular complexity index is 640. The largest absolute Gasteiger partial charge is 0.316 e. The molecule has 2 heterocycles. The highest BCUT2D eigenvalue weighted by Gasteiger charge is 2.15. The Morgan fingerprint density at radius 3 is 2.61 bits per heavy atom. The highest BCUT2D eigenvalue weighted by atomic mass is 32.2. The molecule has 0 radical (unpaired) electrons. The van der Waals surface area contributed by atoms with E-state index in [0.717, 1.165) is 11.9 Å². The predicted octanol–water partition coefficient (Wildman–Crippen LogP) is 1.11. The van der Waals surface area contributed by atoms with Crippen molar-refractivity contribution in [2.45, 2.75) is 31.6 Å². The Morgan fingerprint density at radius 2 is 2.06 bits per heavy atom. The quantitative estimate of drug-likeness (QED) is 0.833. The van der Waals surface area contributed by atoms with E-state index in [9.17, 15) is 8.42 Å². The lowest BCUT2D eigenvalue weighted by Gasteiger charge is -2.05. The summed E-state index contributed by atoms with van der Waals surface area (Å²) in [4.78, 5) is 3.87. The van der Waals surface area contributed by atoms with Crippen LogP contribution in [-0.2, 0) is 16.4 Å². The molecule has 0 atom stereocenters. The first-order valence-corrected chi connectivity index (χ1v) is 7.52. The van der Waals surface area contributed by atoms with Crippen molar-refractivity contribution in [3.63, 3.8) is 0 Å². The van der Waals surface area contributed by atoms with E-state index < -0.39 is 9.84 Å². The number of nitrogens with zero attached hydrogens (tertiary/aromatic N) is 4. The third kappa shape index (κ3) is 2.61. The van der Waals surface area contributed by atoms with E-state index in [1.165, 1.54) is 6.20 Å². The molecule has 0 aliphatic carbocycles. The minimum atomic E-state index is -3.30. The third-order valence-corrected chi connectivity index (χ3v) is 3.54. The summed E-state index contributed by atoms with van der Waals surface area (Å²) in [5, 5.41) is 4.45. The molecule has 0 aliphatic heterocycles. The van der Waals surface area contributed by atoms with Crippen molar-refractivity contribution in [2.75, 3.05) is 6.26 Å². The molecule has 0 saturated heterocycles. The lowest BCUT2D eigenvalue weighted by molar-refractivity contribution is 0.520. The zero-order chi connectivity index (χ0) is 13.3. The number of rotatable bonds is 4. The first kappa shape index (κ1) is 12.8. The second-order valence-corrected chi connectivity index (χ2v) is 6.40. The molecule has 0 aromatic carbocycles.